The number of hydrogen-bond acceptors (Lipinski definition) is 4. The van der Waals surface area contributed by atoms with Crippen LogP contribution in [0.3, 0.4) is 0 Å². The van der Waals surface area contributed by atoms with Crippen LogP contribution >= 0.6 is 0 Å². The molecule has 24 heavy (non-hydrogen) atoms. The highest BCUT2D eigenvalue weighted by molar-refractivity contribution is 5.94. The molecule has 0 fully saturated rings. The van der Waals surface area contributed by atoms with Crippen LogP contribution in [-0.2, 0) is 17.9 Å². The van der Waals surface area contributed by atoms with Gasteiger partial charge in [-0.1, -0.05) is 24.3 Å². The second-order valence-corrected chi connectivity index (χ2v) is 5.22. The number of amides is 1. The number of rotatable bonds is 7. The van der Waals surface area contributed by atoms with Crippen molar-refractivity contribution in [2.45, 2.75) is 27.0 Å². The summed E-state index contributed by atoms with van der Waals surface area (Å²) in [5, 5.41) is 11.8. The number of carboxylic acids is 1. The molecule has 1 heterocycles. The van der Waals surface area contributed by atoms with E-state index in [1.54, 1.807) is 6.92 Å². The van der Waals surface area contributed by atoms with Gasteiger partial charge >= 0.3 is 5.97 Å². The van der Waals surface area contributed by atoms with E-state index in [4.69, 9.17) is 9.84 Å². The van der Waals surface area contributed by atoms with Crippen molar-refractivity contribution in [1.29, 1.82) is 0 Å². The van der Waals surface area contributed by atoms with Gasteiger partial charge in [0.1, 0.15) is 5.69 Å². The Hall–Kier alpha value is -2.73. The van der Waals surface area contributed by atoms with Crippen LogP contribution in [0, 0.1) is 6.92 Å². The fourth-order valence-corrected chi connectivity index (χ4v) is 2.26. The Morgan fingerprint density at radius 2 is 1.88 bits per heavy atom. The molecule has 0 aliphatic carbocycles. The summed E-state index contributed by atoms with van der Waals surface area (Å²) in [6.45, 7) is 4.97. The van der Waals surface area contributed by atoms with Crippen molar-refractivity contribution < 1.29 is 19.4 Å². The molecule has 6 nitrogen and oxygen atoms in total. The minimum atomic E-state index is -1.06. The van der Waals surface area contributed by atoms with Crippen LogP contribution < -0.4 is 5.32 Å². The van der Waals surface area contributed by atoms with Gasteiger partial charge < -0.3 is 15.2 Å². The zero-order chi connectivity index (χ0) is 17.5. The van der Waals surface area contributed by atoms with Crippen LogP contribution in [0.5, 0.6) is 0 Å². The molecule has 1 aromatic heterocycles. The Morgan fingerprint density at radius 3 is 2.50 bits per heavy atom. The van der Waals surface area contributed by atoms with Crippen LogP contribution in [0.25, 0.3) is 0 Å². The van der Waals surface area contributed by atoms with Crippen molar-refractivity contribution in [3.63, 3.8) is 0 Å². The Morgan fingerprint density at radius 1 is 1.17 bits per heavy atom. The number of pyridine rings is 1. The van der Waals surface area contributed by atoms with Crippen LogP contribution in [0.15, 0.2) is 36.4 Å². The SMILES string of the molecule is CCOCc1ccccc1CNC(=O)c1ccc(C(=O)O)c(C)n1. The molecule has 1 amide bonds. The Balaban J connectivity index is 2.06. The van der Waals surface area contributed by atoms with E-state index in [2.05, 4.69) is 10.3 Å². The van der Waals surface area contributed by atoms with Crippen LogP contribution in [-0.4, -0.2) is 28.6 Å². The predicted octanol–water partition coefficient (Wildman–Crippen LogP) is 2.55. The average molecular weight is 328 g/mol. The lowest BCUT2D eigenvalue weighted by Crippen LogP contribution is -2.25. The smallest absolute Gasteiger partial charge is 0.337 e. The average Bonchev–Trinajstić information content (AvgIpc) is 2.58. The molecule has 2 aromatic rings. The number of aryl methyl sites for hydroxylation is 1. The third-order valence-electron chi connectivity index (χ3n) is 3.57. The highest BCUT2D eigenvalue weighted by Crippen LogP contribution is 2.11. The van der Waals surface area contributed by atoms with Gasteiger partial charge in [-0.15, -0.1) is 0 Å². The van der Waals surface area contributed by atoms with Crippen LogP contribution in [0.2, 0.25) is 0 Å². The van der Waals surface area contributed by atoms with Crippen LogP contribution in [0.4, 0.5) is 0 Å². The van der Waals surface area contributed by atoms with Crippen molar-refractivity contribution in [3.05, 3.63) is 64.5 Å². The van der Waals surface area contributed by atoms with Gasteiger partial charge in [0.25, 0.3) is 5.91 Å². The molecule has 0 radical (unpaired) electrons. The molecule has 126 valence electrons. The van der Waals surface area contributed by atoms with E-state index in [1.807, 2.05) is 31.2 Å². The summed E-state index contributed by atoms with van der Waals surface area (Å²) in [6.07, 6.45) is 0. The third-order valence-corrected chi connectivity index (χ3v) is 3.57. The number of nitrogens with zero attached hydrogens (tertiary/aromatic N) is 1. The van der Waals surface area contributed by atoms with Gasteiger partial charge in [-0.05, 0) is 37.1 Å². The lowest BCUT2D eigenvalue weighted by Gasteiger charge is -2.11. The van der Waals surface area contributed by atoms with Crippen molar-refractivity contribution in [2.75, 3.05) is 6.61 Å². The quantitative estimate of drug-likeness (QED) is 0.815. The van der Waals surface area contributed by atoms with Crippen molar-refractivity contribution in [1.82, 2.24) is 10.3 Å². The largest absolute Gasteiger partial charge is 0.478 e. The maximum Gasteiger partial charge on any atom is 0.337 e. The molecule has 2 N–H and O–H groups in total. The maximum atomic E-state index is 12.2. The van der Waals surface area contributed by atoms with Crippen molar-refractivity contribution in [2.24, 2.45) is 0 Å². The number of aromatic nitrogens is 1. The van der Waals surface area contributed by atoms with E-state index < -0.39 is 5.97 Å². The van der Waals surface area contributed by atoms with E-state index >= 15 is 0 Å². The molecule has 1 aromatic carbocycles. The first-order valence-corrected chi connectivity index (χ1v) is 7.66. The summed E-state index contributed by atoms with van der Waals surface area (Å²) in [7, 11) is 0. The molecule has 0 aliphatic rings. The molecule has 0 atom stereocenters. The normalized spacial score (nSPS) is 10.4. The van der Waals surface area contributed by atoms with Gasteiger partial charge in [0.05, 0.1) is 17.9 Å². The summed E-state index contributed by atoms with van der Waals surface area (Å²) in [5.74, 6) is -1.40. The van der Waals surface area contributed by atoms with Gasteiger partial charge in [-0.25, -0.2) is 9.78 Å². The zero-order valence-electron chi connectivity index (χ0n) is 13.7. The van der Waals surface area contributed by atoms with Crippen molar-refractivity contribution >= 4 is 11.9 Å². The Bertz CT molecular complexity index is 744. The fraction of sp³-hybridized carbons (Fsp3) is 0.278. The first-order chi connectivity index (χ1) is 11.5. The van der Waals surface area contributed by atoms with E-state index in [0.29, 0.717) is 25.5 Å². The number of ether oxygens (including phenoxy) is 1. The maximum absolute atomic E-state index is 12.2. The predicted molar refractivity (Wildman–Crippen MR) is 88.9 cm³/mol. The molecule has 0 saturated heterocycles. The van der Waals surface area contributed by atoms with Crippen molar-refractivity contribution in [3.8, 4) is 0 Å². The first-order valence-electron chi connectivity index (χ1n) is 7.66. The van der Waals surface area contributed by atoms with Gasteiger partial charge in [0.15, 0.2) is 0 Å². The molecule has 0 unspecified atom stereocenters. The van der Waals surface area contributed by atoms with Crippen LogP contribution in [0.1, 0.15) is 44.6 Å². The van der Waals surface area contributed by atoms with E-state index in [1.165, 1.54) is 12.1 Å². The Kier molecular flexibility index (Phi) is 6.03. The number of carboxylic acid groups (broad SMARTS) is 1. The summed E-state index contributed by atoms with van der Waals surface area (Å²) < 4.78 is 5.42. The molecule has 6 heteroatoms. The minimum Gasteiger partial charge on any atom is -0.478 e. The fourth-order valence-electron chi connectivity index (χ4n) is 2.26. The second-order valence-electron chi connectivity index (χ2n) is 5.22. The molecule has 0 spiro atoms. The number of benzene rings is 1. The summed E-state index contributed by atoms with van der Waals surface area (Å²) in [4.78, 5) is 27.3. The Labute approximate surface area is 140 Å². The lowest BCUT2D eigenvalue weighted by atomic mass is 10.1. The molecular formula is C18H20N2O4. The second kappa shape index (κ2) is 8.21. The summed E-state index contributed by atoms with van der Waals surface area (Å²) in [6, 6.07) is 10.5. The molecular weight excluding hydrogens is 308 g/mol. The topological polar surface area (TPSA) is 88.5 Å². The summed E-state index contributed by atoms with van der Waals surface area (Å²) in [5.41, 5.74) is 2.59. The standard InChI is InChI=1S/C18H20N2O4/c1-3-24-11-14-7-5-4-6-13(14)10-19-17(21)16-9-8-15(18(22)23)12(2)20-16/h4-9H,3,10-11H2,1-2H3,(H,19,21)(H,22,23). The van der Waals surface area contributed by atoms with Gasteiger partial charge in [0, 0.05) is 13.2 Å². The number of carbonyl (C=O) groups excluding carboxylic acids is 1. The molecule has 0 bridgehead atoms. The van der Waals surface area contributed by atoms with Gasteiger partial charge in [-0.3, -0.25) is 4.79 Å². The minimum absolute atomic E-state index is 0.0913. The molecule has 2 rings (SSSR count). The van der Waals surface area contributed by atoms with E-state index in [0.717, 1.165) is 11.1 Å². The molecule has 0 saturated carbocycles. The monoisotopic (exact) mass is 328 g/mol. The number of carbonyl (C=O) groups is 2. The summed E-state index contributed by atoms with van der Waals surface area (Å²) >= 11 is 0. The van der Waals surface area contributed by atoms with E-state index in [9.17, 15) is 9.59 Å². The van der Waals surface area contributed by atoms with Gasteiger partial charge in [0.2, 0.25) is 0 Å². The number of aromatic carboxylic acids is 1. The first kappa shape index (κ1) is 17.6. The third kappa shape index (κ3) is 4.39. The van der Waals surface area contributed by atoms with Gasteiger partial charge in [-0.2, -0.15) is 0 Å². The molecule has 0 aliphatic heterocycles. The zero-order valence-corrected chi connectivity index (χ0v) is 13.7. The highest BCUT2D eigenvalue weighted by atomic mass is 16.5. The highest BCUT2D eigenvalue weighted by Gasteiger charge is 2.13. The number of nitrogens with one attached hydrogen (secondary N) is 1. The van der Waals surface area contributed by atoms with E-state index in [-0.39, 0.29) is 17.2 Å². The lowest BCUT2D eigenvalue weighted by molar-refractivity contribution is 0.0694. The number of hydrogen-bond donors (Lipinski definition) is 2.